The lowest BCUT2D eigenvalue weighted by Gasteiger charge is -2.06. The van der Waals surface area contributed by atoms with Crippen LogP contribution in [0.5, 0.6) is 0 Å². The molecule has 0 saturated carbocycles. The summed E-state index contributed by atoms with van der Waals surface area (Å²) in [6.07, 6.45) is -0.488. The second-order valence-corrected chi connectivity index (χ2v) is 5.91. The summed E-state index contributed by atoms with van der Waals surface area (Å²) in [5, 5.41) is 18.3. The number of carbonyl (C=O) groups excluding carboxylic acids is 1. The van der Waals surface area contributed by atoms with E-state index < -0.39 is 18.4 Å². The van der Waals surface area contributed by atoms with E-state index in [0.29, 0.717) is 5.56 Å². The Balaban J connectivity index is 2.63. The molecule has 1 aromatic carbocycles. The van der Waals surface area contributed by atoms with E-state index in [1.165, 1.54) is 11.6 Å². The van der Waals surface area contributed by atoms with Gasteiger partial charge in [-0.25, -0.2) is 4.79 Å². The quantitative estimate of drug-likeness (QED) is 0.778. The minimum atomic E-state index is -1.29. The van der Waals surface area contributed by atoms with Crippen molar-refractivity contribution < 1.29 is 24.6 Å². The van der Waals surface area contributed by atoms with E-state index in [1.54, 1.807) is 24.3 Å². The van der Waals surface area contributed by atoms with Crippen LogP contribution in [-0.4, -0.2) is 32.5 Å². The molecule has 0 amide bonds. The average Bonchev–Trinajstić information content (AvgIpc) is 2.69. The second-order valence-electron chi connectivity index (χ2n) is 5.11. The van der Waals surface area contributed by atoms with Crippen molar-refractivity contribution in [3.8, 4) is 0 Å². The Labute approximate surface area is 140 Å². The zero-order valence-electron chi connectivity index (χ0n) is 12.5. The van der Waals surface area contributed by atoms with E-state index in [1.807, 2.05) is 6.92 Å². The molecule has 0 fully saturated rings. The second kappa shape index (κ2) is 6.37. The number of aryl methyl sites for hydroxylation is 1. The topological polar surface area (TPSA) is 96.6 Å². The van der Waals surface area contributed by atoms with Crippen LogP contribution in [0.3, 0.4) is 0 Å². The summed E-state index contributed by atoms with van der Waals surface area (Å²) >= 11 is 3.14. The standard InChI is InChI=1S/C16H14BrNO5/c1-8-3-5-9(6-4-8)15(21)14-13(17)12(16(22)23)10(18(14)2)7-11(19)20/h3-6H,7H2,1-2H3,(H,19,20)(H,22,23). The van der Waals surface area contributed by atoms with Crippen molar-refractivity contribution in [2.24, 2.45) is 7.05 Å². The lowest BCUT2D eigenvalue weighted by molar-refractivity contribution is -0.136. The van der Waals surface area contributed by atoms with Crippen molar-refractivity contribution in [1.82, 2.24) is 4.57 Å². The smallest absolute Gasteiger partial charge is 0.338 e. The van der Waals surface area contributed by atoms with Crippen LogP contribution in [0, 0.1) is 6.92 Å². The first-order chi connectivity index (χ1) is 10.7. The molecule has 0 aliphatic heterocycles. The Morgan fingerprint density at radius 1 is 1.13 bits per heavy atom. The Hall–Kier alpha value is -2.41. The van der Waals surface area contributed by atoms with Gasteiger partial charge in [0.05, 0.1) is 16.5 Å². The van der Waals surface area contributed by atoms with Crippen molar-refractivity contribution in [2.75, 3.05) is 0 Å². The molecule has 0 aliphatic carbocycles. The van der Waals surface area contributed by atoms with Gasteiger partial charge in [-0.1, -0.05) is 29.8 Å². The molecule has 0 aliphatic rings. The predicted molar refractivity (Wildman–Crippen MR) is 86.0 cm³/mol. The SMILES string of the molecule is Cc1ccc(C(=O)c2c(Br)c(C(=O)O)c(CC(=O)O)n2C)cc1. The highest BCUT2D eigenvalue weighted by Gasteiger charge is 2.29. The molecule has 0 bridgehead atoms. The van der Waals surface area contributed by atoms with Gasteiger partial charge in [0, 0.05) is 18.3 Å². The molecule has 23 heavy (non-hydrogen) atoms. The lowest BCUT2D eigenvalue weighted by atomic mass is 10.1. The molecule has 0 spiro atoms. The fourth-order valence-corrected chi connectivity index (χ4v) is 3.20. The molecule has 2 rings (SSSR count). The molecule has 7 heteroatoms. The maximum atomic E-state index is 12.7. The summed E-state index contributed by atoms with van der Waals surface area (Å²) in [5.74, 6) is -2.83. The van der Waals surface area contributed by atoms with E-state index in [-0.39, 0.29) is 27.2 Å². The fourth-order valence-electron chi connectivity index (χ4n) is 2.36. The molecular weight excluding hydrogens is 366 g/mol. The van der Waals surface area contributed by atoms with Crippen molar-refractivity contribution in [3.05, 3.63) is 56.8 Å². The van der Waals surface area contributed by atoms with E-state index in [2.05, 4.69) is 15.9 Å². The predicted octanol–water partition coefficient (Wildman–Crippen LogP) is 2.65. The van der Waals surface area contributed by atoms with Crippen molar-refractivity contribution in [3.63, 3.8) is 0 Å². The normalized spacial score (nSPS) is 10.6. The highest BCUT2D eigenvalue weighted by Crippen LogP contribution is 2.30. The molecule has 0 radical (unpaired) electrons. The van der Waals surface area contributed by atoms with Gasteiger partial charge >= 0.3 is 11.9 Å². The zero-order valence-corrected chi connectivity index (χ0v) is 14.0. The molecule has 0 saturated heterocycles. The van der Waals surface area contributed by atoms with Gasteiger partial charge in [-0.3, -0.25) is 9.59 Å². The van der Waals surface area contributed by atoms with Gasteiger partial charge < -0.3 is 14.8 Å². The van der Waals surface area contributed by atoms with Crippen molar-refractivity contribution >= 4 is 33.7 Å². The number of ketones is 1. The van der Waals surface area contributed by atoms with Gasteiger partial charge in [0.2, 0.25) is 5.78 Å². The number of carboxylic acids is 2. The zero-order chi connectivity index (χ0) is 17.3. The van der Waals surface area contributed by atoms with Gasteiger partial charge in [0.15, 0.2) is 0 Å². The maximum Gasteiger partial charge on any atom is 0.338 e. The number of carbonyl (C=O) groups is 3. The first-order valence-corrected chi connectivity index (χ1v) is 7.46. The van der Waals surface area contributed by atoms with Gasteiger partial charge in [-0.05, 0) is 22.9 Å². The number of rotatable bonds is 5. The van der Waals surface area contributed by atoms with E-state index in [9.17, 15) is 19.5 Å². The van der Waals surface area contributed by atoms with Gasteiger partial charge in [-0.2, -0.15) is 0 Å². The number of carboxylic acid groups (broad SMARTS) is 2. The summed E-state index contributed by atoms with van der Waals surface area (Å²) in [5.41, 5.74) is 1.36. The van der Waals surface area contributed by atoms with Crippen LogP contribution in [0.25, 0.3) is 0 Å². The first kappa shape index (κ1) is 17.0. The van der Waals surface area contributed by atoms with E-state index in [4.69, 9.17) is 5.11 Å². The monoisotopic (exact) mass is 379 g/mol. The minimum Gasteiger partial charge on any atom is -0.481 e. The molecule has 0 unspecified atom stereocenters. The summed E-state index contributed by atoms with van der Waals surface area (Å²) in [7, 11) is 1.48. The van der Waals surface area contributed by atoms with E-state index in [0.717, 1.165) is 5.56 Å². The third-order valence-corrected chi connectivity index (χ3v) is 4.29. The fraction of sp³-hybridized carbons (Fsp3) is 0.188. The van der Waals surface area contributed by atoms with Crippen LogP contribution in [-0.2, 0) is 18.3 Å². The number of aliphatic carboxylic acids is 1. The van der Waals surface area contributed by atoms with Crippen LogP contribution < -0.4 is 0 Å². The molecule has 0 atom stereocenters. The molecule has 6 nitrogen and oxygen atoms in total. The number of benzene rings is 1. The number of hydrogen-bond donors (Lipinski definition) is 2. The lowest BCUT2D eigenvalue weighted by Crippen LogP contribution is -2.13. The van der Waals surface area contributed by atoms with Crippen molar-refractivity contribution in [1.29, 1.82) is 0 Å². The summed E-state index contributed by atoms with van der Waals surface area (Å²) in [4.78, 5) is 35.1. The van der Waals surface area contributed by atoms with Crippen LogP contribution in [0.4, 0.5) is 0 Å². The Morgan fingerprint density at radius 2 is 1.70 bits per heavy atom. The van der Waals surface area contributed by atoms with Gasteiger partial charge in [0.1, 0.15) is 5.69 Å². The highest BCUT2D eigenvalue weighted by molar-refractivity contribution is 9.10. The number of nitrogens with zero attached hydrogens (tertiary/aromatic N) is 1. The maximum absolute atomic E-state index is 12.7. The third kappa shape index (κ3) is 3.19. The van der Waals surface area contributed by atoms with Crippen LogP contribution in [0.2, 0.25) is 0 Å². The number of aromatic carboxylic acids is 1. The van der Waals surface area contributed by atoms with Crippen LogP contribution in [0.1, 0.15) is 37.7 Å². The molecule has 1 aromatic heterocycles. The van der Waals surface area contributed by atoms with E-state index >= 15 is 0 Å². The molecule has 2 aromatic rings. The molecule has 2 N–H and O–H groups in total. The molecule has 120 valence electrons. The Morgan fingerprint density at radius 3 is 2.17 bits per heavy atom. The van der Waals surface area contributed by atoms with Crippen LogP contribution >= 0.6 is 15.9 Å². The Kier molecular flexibility index (Phi) is 4.70. The molecule has 1 heterocycles. The third-order valence-electron chi connectivity index (χ3n) is 3.52. The summed E-state index contributed by atoms with van der Waals surface area (Å²) < 4.78 is 1.42. The molecular formula is C16H14BrNO5. The van der Waals surface area contributed by atoms with Gasteiger partial charge in [0.25, 0.3) is 0 Å². The number of halogens is 1. The number of hydrogen-bond acceptors (Lipinski definition) is 3. The van der Waals surface area contributed by atoms with Gasteiger partial charge in [-0.15, -0.1) is 0 Å². The highest BCUT2D eigenvalue weighted by atomic mass is 79.9. The minimum absolute atomic E-state index is 0.0623. The van der Waals surface area contributed by atoms with Crippen molar-refractivity contribution in [2.45, 2.75) is 13.3 Å². The Bertz CT molecular complexity index is 805. The summed E-state index contributed by atoms with van der Waals surface area (Å²) in [6, 6.07) is 6.85. The van der Waals surface area contributed by atoms with Crippen LogP contribution in [0.15, 0.2) is 28.7 Å². The first-order valence-electron chi connectivity index (χ1n) is 6.67. The largest absolute Gasteiger partial charge is 0.481 e. The average molecular weight is 380 g/mol. The number of aromatic nitrogens is 1. The summed E-state index contributed by atoms with van der Waals surface area (Å²) in [6.45, 7) is 1.89.